The number of hydrogen-bond acceptors (Lipinski definition) is 3. The molecular formula is C9H15NO3. The van der Waals surface area contributed by atoms with E-state index in [2.05, 4.69) is 0 Å². The number of hydrogen-bond donors (Lipinski definition) is 2. The zero-order valence-corrected chi connectivity index (χ0v) is 7.53. The van der Waals surface area contributed by atoms with Crippen LogP contribution in [0.25, 0.3) is 0 Å². The van der Waals surface area contributed by atoms with Crippen molar-refractivity contribution in [2.45, 2.75) is 38.1 Å². The Morgan fingerprint density at radius 2 is 2.31 bits per heavy atom. The van der Waals surface area contributed by atoms with Crippen molar-refractivity contribution in [3.05, 3.63) is 0 Å². The van der Waals surface area contributed by atoms with Crippen LogP contribution in [0.3, 0.4) is 0 Å². The Hall–Kier alpha value is -0.900. The van der Waals surface area contributed by atoms with Crippen LogP contribution < -0.4 is 5.73 Å². The molecular weight excluding hydrogens is 170 g/mol. The molecule has 1 fully saturated rings. The van der Waals surface area contributed by atoms with E-state index < -0.39 is 12.0 Å². The van der Waals surface area contributed by atoms with Gasteiger partial charge in [0.15, 0.2) is 0 Å². The monoisotopic (exact) mass is 185 g/mol. The standard InChI is InChI=1S/C9H15NO3/c10-7(9(12)13)5-6-3-1-2-4-8(6)11/h6-7H,1-5,10H2,(H,12,13). The number of ketones is 1. The second-order valence-corrected chi connectivity index (χ2v) is 3.59. The number of Topliss-reactive ketones (excluding diaryl/α,β-unsaturated/α-hetero) is 1. The lowest BCUT2D eigenvalue weighted by Crippen LogP contribution is -2.35. The molecule has 1 saturated carbocycles. The van der Waals surface area contributed by atoms with Gasteiger partial charge in [0.2, 0.25) is 0 Å². The lowest BCUT2D eigenvalue weighted by atomic mass is 9.84. The van der Waals surface area contributed by atoms with E-state index in [0.29, 0.717) is 12.8 Å². The Kier molecular flexibility index (Phi) is 3.42. The molecule has 0 amide bonds. The first-order chi connectivity index (χ1) is 6.11. The predicted molar refractivity (Wildman–Crippen MR) is 47.2 cm³/mol. The number of carbonyl (C=O) groups is 2. The molecule has 13 heavy (non-hydrogen) atoms. The fourth-order valence-electron chi connectivity index (χ4n) is 1.71. The van der Waals surface area contributed by atoms with Crippen LogP contribution in [-0.2, 0) is 9.59 Å². The van der Waals surface area contributed by atoms with Gasteiger partial charge < -0.3 is 10.8 Å². The lowest BCUT2D eigenvalue weighted by molar-refractivity contribution is -0.139. The average Bonchev–Trinajstić information content (AvgIpc) is 2.08. The Balaban J connectivity index is 2.42. The molecule has 4 heteroatoms. The molecule has 4 nitrogen and oxygen atoms in total. The largest absolute Gasteiger partial charge is 0.480 e. The zero-order chi connectivity index (χ0) is 9.84. The summed E-state index contributed by atoms with van der Waals surface area (Å²) in [6.07, 6.45) is 3.66. The Morgan fingerprint density at radius 1 is 1.62 bits per heavy atom. The molecule has 0 saturated heterocycles. The maximum absolute atomic E-state index is 11.3. The molecule has 2 atom stereocenters. The van der Waals surface area contributed by atoms with Gasteiger partial charge in [-0.25, -0.2) is 0 Å². The summed E-state index contributed by atoms with van der Waals surface area (Å²) >= 11 is 0. The van der Waals surface area contributed by atoms with Gasteiger partial charge in [-0.15, -0.1) is 0 Å². The van der Waals surface area contributed by atoms with Crippen LogP contribution in [0.5, 0.6) is 0 Å². The molecule has 0 aromatic carbocycles. The summed E-state index contributed by atoms with van der Waals surface area (Å²) in [7, 11) is 0. The summed E-state index contributed by atoms with van der Waals surface area (Å²) in [6.45, 7) is 0. The van der Waals surface area contributed by atoms with E-state index in [-0.39, 0.29) is 11.7 Å². The Morgan fingerprint density at radius 3 is 2.85 bits per heavy atom. The first-order valence-corrected chi connectivity index (χ1v) is 4.62. The fraction of sp³-hybridized carbons (Fsp3) is 0.778. The van der Waals surface area contributed by atoms with Crippen molar-refractivity contribution in [3.8, 4) is 0 Å². The summed E-state index contributed by atoms with van der Waals surface area (Å²) in [5.41, 5.74) is 5.36. The molecule has 2 unspecified atom stereocenters. The van der Waals surface area contributed by atoms with Crippen LogP contribution in [0, 0.1) is 5.92 Å². The third kappa shape index (κ3) is 2.81. The molecule has 0 heterocycles. The van der Waals surface area contributed by atoms with Crippen LogP contribution in [-0.4, -0.2) is 22.9 Å². The summed E-state index contributed by atoms with van der Waals surface area (Å²) in [6, 6.07) is -0.882. The van der Waals surface area contributed by atoms with Crippen LogP contribution in [0.2, 0.25) is 0 Å². The second kappa shape index (κ2) is 4.37. The minimum atomic E-state index is -1.02. The Labute approximate surface area is 77.1 Å². The number of carbonyl (C=O) groups excluding carboxylic acids is 1. The highest BCUT2D eigenvalue weighted by Crippen LogP contribution is 2.24. The molecule has 3 N–H and O–H groups in total. The molecule has 0 radical (unpaired) electrons. The number of carboxylic acid groups (broad SMARTS) is 1. The van der Waals surface area contributed by atoms with Crippen LogP contribution in [0.4, 0.5) is 0 Å². The van der Waals surface area contributed by atoms with Crippen molar-refractivity contribution in [2.75, 3.05) is 0 Å². The third-order valence-electron chi connectivity index (χ3n) is 2.54. The highest BCUT2D eigenvalue weighted by molar-refractivity contribution is 5.82. The molecule has 0 aromatic heterocycles. The highest BCUT2D eigenvalue weighted by Gasteiger charge is 2.26. The number of nitrogens with two attached hydrogens (primary N) is 1. The number of carboxylic acids is 1. The highest BCUT2D eigenvalue weighted by atomic mass is 16.4. The van der Waals surface area contributed by atoms with E-state index in [1.54, 1.807) is 0 Å². The van der Waals surface area contributed by atoms with Crippen molar-refractivity contribution in [3.63, 3.8) is 0 Å². The van der Waals surface area contributed by atoms with E-state index in [4.69, 9.17) is 10.8 Å². The van der Waals surface area contributed by atoms with Gasteiger partial charge in [0.25, 0.3) is 0 Å². The van der Waals surface area contributed by atoms with Gasteiger partial charge in [-0.05, 0) is 19.3 Å². The smallest absolute Gasteiger partial charge is 0.320 e. The van der Waals surface area contributed by atoms with Gasteiger partial charge in [0, 0.05) is 12.3 Å². The topological polar surface area (TPSA) is 80.4 Å². The molecule has 1 rings (SSSR count). The van der Waals surface area contributed by atoms with Crippen LogP contribution in [0.1, 0.15) is 32.1 Å². The van der Waals surface area contributed by atoms with Crippen molar-refractivity contribution in [1.29, 1.82) is 0 Å². The van der Waals surface area contributed by atoms with Gasteiger partial charge in [0.05, 0.1) is 0 Å². The quantitative estimate of drug-likeness (QED) is 0.672. The first kappa shape index (κ1) is 10.2. The normalized spacial score (nSPS) is 25.6. The summed E-state index contributed by atoms with van der Waals surface area (Å²) in [5.74, 6) is -0.943. The number of rotatable bonds is 3. The van der Waals surface area contributed by atoms with E-state index in [1.807, 2.05) is 0 Å². The molecule has 0 spiro atoms. The Bertz CT molecular complexity index is 215. The fourth-order valence-corrected chi connectivity index (χ4v) is 1.71. The SMILES string of the molecule is NC(CC1CCCCC1=O)C(=O)O. The van der Waals surface area contributed by atoms with E-state index in [0.717, 1.165) is 19.3 Å². The minimum absolute atomic E-state index is 0.111. The first-order valence-electron chi connectivity index (χ1n) is 4.62. The van der Waals surface area contributed by atoms with Gasteiger partial charge >= 0.3 is 5.97 Å². The summed E-state index contributed by atoms with van der Waals surface area (Å²) < 4.78 is 0. The number of aliphatic carboxylic acids is 1. The summed E-state index contributed by atoms with van der Waals surface area (Å²) in [5, 5.41) is 8.56. The predicted octanol–water partition coefficient (Wildman–Crippen LogP) is 0.548. The van der Waals surface area contributed by atoms with Gasteiger partial charge in [-0.1, -0.05) is 6.42 Å². The van der Waals surface area contributed by atoms with E-state index in [1.165, 1.54) is 0 Å². The molecule has 74 valence electrons. The van der Waals surface area contributed by atoms with Crippen molar-refractivity contribution in [2.24, 2.45) is 11.7 Å². The second-order valence-electron chi connectivity index (χ2n) is 3.59. The summed E-state index contributed by atoms with van der Waals surface area (Å²) in [4.78, 5) is 21.7. The van der Waals surface area contributed by atoms with Crippen molar-refractivity contribution < 1.29 is 14.7 Å². The van der Waals surface area contributed by atoms with Gasteiger partial charge in [-0.2, -0.15) is 0 Å². The van der Waals surface area contributed by atoms with E-state index >= 15 is 0 Å². The van der Waals surface area contributed by atoms with Gasteiger partial charge in [0.1, 0.15) is 11.8 Å². The van der Waals surface area contributed by atoms with Crippen molar-refractivity contribution in [1.82, 2.24) is 0 Å². The molecule has 1 aliphatic rings. The maximum Gasteiger partial charge on any atom is 0.320 e. The van der Waals surface area contributed by atoms with Gasteiger partial charge in [-0.3, -0.25) is 9.59 Å². The molecule has 0 bridgehead atoms. The average molecular weight is 185 g/mol. The van der Waals surface area contributed by atoms with E-state index in [9.17, 15) is 9.59 Å². The minimum Gasteiger partial charge on any atom is -0.480 e. The molecule has 0 aromatic rings. The van der Waals surface area contributed by atoms with Crippen LogP contribution in [0.15, 0.2) is 0 Å². The maximum atomic E-state index is 11.3. The molecule has 0 aliphatic heterocycles. The molecule has 1 aliphatic carbocycles. The van der Waals surface area contributed by atoms with Crippen molar-refractivity contribution >= 4 is 11.8 Å². The van der Waals surface area contributed by atoms with Crippen LogP contribution >= 0.6 is 0 Å². The lowest BCUT2D eigenvalue weighted by Gasteiger charge is -2.21. The zero-order valence-electron chi connectivity index (χ0n) is 7.53. The third-order valence-corrected chi connectivity index (χ3v) is 2.54.